The molecular formula is C18H28N2. The summed E-state index contributed by atoms with van der Waals surface area (Å²) in [5.41, 5.74) is 2.60. The molecule has 0 aliphatic heterocycles. The topological polar surface area (TPSA) is 24.9 Å². The van der Waals surface area contributed by atoms with E-state index in [1.54, 1.807) is 0 Å². The van der Waals surface area contributed by atoms with Crippen LogP contribution in [0, 0.1) is 17.8 Å². The number of nitrogens with one attached hydrogen (secondary N) is 1. The number of aryl methyl sites for hydroxylation is 1. The lowest BCUT2D eigenvalue weighted by Crippen LogP contribution is -2.40. The summed E-state index contributed by atoms with van der Waals surface area (Å²) in [6.45, 7) is 5.49. The normalized spacial score (nSPS) is 29.8. The van der Waals surface area contributed by atoms with Crippen molar-refractivity contribution in [2.75, 3.05) is 6.54 Å². The van der Waals surface area contributed by atoms with E-state index < -0.39 is 0 Å². The van der Waals surface area contributed by atoms with E-state index in [4.69, 9.17) is 0 Å². The Morgan fingerprint density at radius 1 is 1.25 bits per heavy atom. The van der Waals surface area contributed by atoms with Crippen LogP contribution in [0.1, 0.15) is 50.8 Å². The van der Waals surface area contributed by atoms with Gasteiger partial charge in [-0.15, -0.1) is 0 Å². The van der Waals surface area contributed by atoms with Gasteiger partial charge in [-0.3, -0.25) is 4.98 Å². The molecule has 1 aromatic rings. The molecule has 2 aliphatic rings. The first kappa shape index (κ1) is 14.1. The van der Waals surface area contributed by atoms with Gasteiger partial charge in [0.1, 0.15) is 0 Å². The van der Waals surface area contributed by atoms with Gasteiger partial charge in [0.2, 0.25) is 0 Å². The van der Waals surface area contributed by atoms with E-state index >= 15 is 0 Å². The molecule has 0 radical (unpaired) electrons. The molecule has 2 nitrogen and oxygen atoms in total. The lowest BCUT2D eigenvalue weighted by molar-refractivity contribution is 0.248. The van der Waals surface area contributed by atoms with E-state index in [-0.39, 0.29) is 0 Å². The van der Waals surface area contributed by atoms with Crippen molar-refractivity contribution in [2.24, 2.45) is 17.8 Å². The maximum absolute atomic E-state index is 4.67. The Kier molecular flexibility index (Phi) is 4.40. The fraction of sp³-hybridized carbons (Fsp3) is 0.722. The second kappa shape index (κ2) is 6.26. The number of likely N-dealkylation sites (N-methyl/N-ethyl adjacent to an activating group) is 1. The predicted octanol–water partition coefficient (Wildman–Crippen LogP) is 3.60. The molecule has 3 rings (SSSR count). The van der Waals surface area contributed by atoms with Gasteiger partial charge in [-0.05, 0) is 61.6 Å². The maximum atomic E-state index is 4.67. The van der Waals surface area contributed by atoms with E-state index in [2.05, 4.69) is 42.5 Å². The summed E-state index contributed by atoms with van der Waals surface area (Å²) < 4.78 is 0. The molecule has 2 heteroatoms. The lowest BCUT2D eigenvalue weighted by atomic mass is 9.81. The number of hydrogen-bond acceptors (Lipinski definition) is 2. The van der Waals surface area contributed by atoms with Gasteiger partial charge in [0.15, 0.2) is 0 Å². The van der Waals surface area contributed by atoms with Crippen molar-refractivity contribution in [3.05, 3.63) is 29.6 Å². The second-order valence-electron chi connectivity index (χ2n) is 6.72. The molecule has 0 spiro atoms. The molecule has 0 aromatic carbocycles. The van der Waals surface area contributed by atoms with Crippen LogP contribution >= 0.6 is 0 Å². The van der Waals surface area contributed by atoms with Crippen LogP contribution in [0.2, 0.25) is 0 Å². The third-order valence-electron chi connectivity index (χ3n) is 5.50. The Labute approximate surface area is 123 Å². The molecule has 2 fully saturated rings. The molecule has 20 heavy (non-hydrogen) atoms. The molecule has 2 aliphatic carbocycles. The Hall–Kier alpha value is -0.890. The molecule has 2 bridgehead atoms. The summed E-state index contributed by atoms with van der Waals surface area (Å²) in [5, 5.41) is 3.75. The summed E-state index contributed by atoms with van der Waals surface area (Å²) in [5.74, 6) is 2.90. The minimum absolute atomic E-state index is 0.635. The van der Waals surface area contributed by atoms with E-state index in [0.717, 1.165) is 37.1 Å². The standard InChI is InChI=1S/C18H28N2/c1-3-13-6-8-16(20-12-13)11-18(19-4-2)17-10-14-5-7-15(17)9-14/h6,8,12,14-15,17-19H,3-5,7,9-11H2,1-2H3. The molecule has 1 aromatic heterocycles. The van der Waals surface area contributed by atoms with Crippen LogP contribution in [-0.4, -0.2) is 17.6 Å². The highest BCUT2D eigenvalue weighted by molar-refractivity contribution is 5.15. The summed E-state index contributed by atoms with van der Waals surface area (Å²) >= 11 is 0. The summed E-state index contributed by atoms with van der Waals surface area (Å²) in [6, 6.07) is 5.11. The molecular weight excluding hydrogens is 244 g/mol. The average Bonchev–Trinajstić information content (AvgIpc) is 3.10. The van der Waals surface area contributed by atoms with Crippen LogP contribution < -0.4 is 5.32 Å². The first-order valence-electron chi connectivity index (χ1n) is 8.47. The van der Waals surface area contributed by atoms with Crippen LogP contribution in [0.5, 0.6) is 0 Å². The highest BCUT2D eigenvalue weighted by atomic mass is 14.9. The van der Waals surface area contributed by atoms with Crippen molar-refractivity contribution < 1.29 is 0 Å². The smallest absolute Gasteiger partial charge is 0.0419 e. The van der Waals surface area contributed by atoms with Gasteiger partial charge in [0.25, 0.3) is 0 Å². The summed E-state index contributed by atoms with van der Waals surface area (Å²) in [7, 11) is 0. The quantitative estimate of drug-likeness (QED) is 0.856. The molecule has 4 unspecified atom stereocenters. The van der Waals surface area contributed by atoms with Crippen LogP contribution in [0.25, 0.3) is 0 Å². The highest BCUT2D eigenvalue weighted by Crippen LogP contribution is 2.49. The van der Waals surface area contributed by atoms with Crippen molar-refractivity contribution in [3.63, 3.8) is 0 Å². The zero-order chi connectivity index (χ0) is 13.9. The Bertz CT molecular complexity index is 426. The average molecular weight is 272 g/mol. The molecule has 2 saturated carbocycles. The number of hydrogen-bond donors (Lipinski definition) is 1. The SMILES string of the molecule is CCNC(Cc1ccc(CC)cn1)C1CC2CCC1C2. The zero-order valence-electron chi connectivity index (χ0n) is 12.9. The summed E-state index contributed by atoms with van der Waals surface area (Å²) in [6.07, 6.45) is 10.1. The Morgan fingerprint density at radius 2 is 2.15 bits per heavy atom. The van der Waals surface area contributed by atoms with Gasteiger partial charge in [-0.2, -0.15) is 0 Å². The number of nitrogens with zero attached hydrogens (tertiary/aromatic N) is 1. The van der Waals surface area contributed by atoms with Crippen molar-refractivity contribution in [2.45, 2.75) is 58.4 Å². The van der Waals surface area contributed by atoms with Crippen molar-refractivity contribution in [1.29, 1.82) is 0 Å². The number of rotatable bonds is 6. The number of fused-ring (bicyclic) bond motifs is 2. The fourth-order valence-electron chi connectivity index (χ4n) is 4.43. The van der Waals surface area contributed by atoms with E-state index in [1.165, 1.54) is 36.9 Å². The Morgan fingerprint density at radius 3 is 2.70 bits per heavy atom. The number of pyridine rings is 1. The van der Waals surface area contributed by atoms with Gasteiger partial charge in [0, 0.05) is 24.4 Å². The van der Waals surface area contributed by atoms with E-state index in [0.29, 0.717) is 6.04 Å². The van der Waals surface area contributed by atoms with Crippen LogP contribution in [0.15, 0.2) is 18.3 Å². The summed E-state index contributed by atoms with van der Waals surface area (Å²) in [4.78, 5) is 4.67. The molecule has 0 saturated heterocycles. The van der Waals surface area contributed by atoms with Crippen molar-refractivity contribution >= 4 is 0 Å². The van der Waals surface area contributed by atoms with Crippen molar-refractivity contribution in [1.82, 2.24) is 10.3 Å². The minimum Gasteiger partial charge on any atom is -0.314 e. The number of aromatic nitrogens is 1. The van der Waals surface area contributed by atoms with Crippen LogP contribution in [0.3, 0.4) is 0 Å². The monoisotopic (exact) mass is 272 g/mol. The minimum atomic E-state index is 0.635. The molecule has 0 amide bonds. The second-order valence-corrected chi connectivity index (χ2v) is 6.72. The highest BCUT2D eigenvalue weighted by Gasteiger charge is 2.42. The third-order valence-corrected chi connectivity index (χ3v) is 5.50. The third kappa shape index (κ3) is 2.90. The van der Waals surface area contributed by atoms with Gasteiger partial charge >= 0.3 is 0 Å². The van der Waals surface area contributed by atoms with E-state index in [1.807, 2.05) is 0 Å². The van der Waals surface area contributed by atoms with Gasteiger partial charge < -0.3 is 5.32 Å². The largest absolute Gasteiger partial charge is 0.314 e. The van der Waals surface area contributed by atoms with Gasteiger partial charge in [-0.25, -0.2) is 0 Å². The zero-order valence-corrected chi connectivity index (χ0v) is 12.9. The Balaban J connectivity index is 1.67. The predicted molar refractivity (Wildman–Crippen MR) is 83.7 cm³/mol. The first-order valence-corrected chi connectivity index (χ1v) is 8.47. The van der Waals surface area contributed by atoms with Crippen LogP contribution in [0.4, 0.5) is 0 Å². The molecule has 1 heterocycles. The molecule has 4 atom stereocenters. The lowest BCUT2D eigenvalue weighted by Gasteiger charge is -2.31. The maximum Gasteiger partial charge on any atom is 0.0419 e. The first-order chi connectivity index (χ1) is 9.80. The van der Waals surface area contributed by atoms with Gasteiger partial charge in [0.05, 0.1) is 0 Å². The molecule has 1 N–H and O–H groups in total. The van der Waals surface area contributed by atoms with Crippen molar-refractivity contribution in [3.8, 4) is 0 Å². The molecule has 110 valence electrons. The van der Waals surface area contributed by atoms with Gasteiger partial charge in [-0.1, -0.05) is 26.3 Å². The van der Waals surface area contributed by atoms with E-state index in [9.17, 15) is 0 Å². The van der Waals surface area contributed by atoms with Crippen LogP contribution in [-0.2, 0) is 12.8 Å². The fourth-order valence-corrected chi connectivity index (χ4v) is 4.43.